The van der Waals surface area contributed by atoms with Gasteiger partial charge in [-0.15, -0.1) is 11.6 Å². The van der Waals surface area contributed by atoms with Crippen molar-refractivity contribution in [2.75, 3.05) is 12.5 Å². The Morgan fingerprint density at radius 2 is 1.83 bits per heavy atom. The highest BCUT2D eigenvalue weighted by Crippen LogP contribution is 2.27. The van der Waals surface area contributed by atoms with E-state index >= 15 is 0 Å². The first-order valence-electron chi connectivity index (χ1n) is 10.4. The molecule has 2 aromatic rings. The van der Waals surface area contributed by atoms with Gasteiger partial charge in [0.2, 0.25) is 5.90 Å². The average molecular weight is 433 g/mol. The van der Waals surface area contributed by atoms with Crippen molar-refractivity contribution in [3.05, 3.63) is 47.5 Å². The van der Waals surface area contributed by atoms with Crippen molar-refractivity contribution in [1.82, 2.24) is 0 Å². The van der Waals surface area contributed by atoms with Crippen LogP contribution in [0.15, 0.2) is 46.4 Å². The normalized spacial score (nSPS) is 18.4. The van der Waals surface area contributed by atoms with E-state index in [2.05, 4.69) is 52.0 Å². The lowest BCUT2D eigenvalue weighted by molar-refractivity contribution is 0.301. The molecule has 3 nitrogen and oxygen atoms in total. The van der Waals surface area contributed by atoms with Crippen LogP contribution in [0.5, 0.6) is 0 Å². The molecule has 0 unspecified atom stereocenters. The molecule has 1 heterocycles. The van der Waals surface area contributed by atoms with E-state index in [-0.39, 0.29) is 12.1 Å². The maximum absolute atomic E-state index is 6.75. The lowest BCUT2D eigenvalue weighted by atomic mass is 10.0. The van der Waals surface area contributed by atoms with Gasteiger partial charge in [0.15, 0.2) is 0 Å². The first-order chi connectivity index (χ1) is 13.9. The molecule has 5 heteroatoms. The fourth-order valence-electron chi connectivity index (χ4n) is 3.74. The summed E-state index contributed by atoms with van der Waals surface area (Å²) >= 11 is 12.9. The highest BCUT2D eigenvalue weighted by atomic mass is 35.5. The fraction of sp³-hybridized carbons (Fsp3) is 0.500. The number of fused-ring (bicyclic) bond motifs is 1. The number of hydrogen-bond donors (Lipinski definition) is 0. The van der Waals surface area contributed by atoms with E-state index in [1.165, 1.54) is 0 Å². The Kier molecular flexibility index (Phi) is 7.59. The SMILES string of the molecule is CC(C)C[C@@H](CCl)N=C(Cl)c1cc2ccccc2cc1C1=N[C@@H](CC(C)C)CO1. The Morgan fingerprint density at radius 1 is 1.14 bits per heavy atom. The summed E-state index contributed by atoms with van der Waals surface area (Å²) in [5.41, 5.74) is 1.76. The summed E-state index contributed by atoms with van der Waals surface area (Å²) in [6, 6.07) is 12.6. The molecule has 2 atom stereocenters. The monoisotopic (exact) mass is 432 g/mol. The zero-order valence-electron chi connectivity index (χ0n) is 17.7. The van der Waals surface area contributed by atoms with E-state index in [0.717, 1.165) is 34.7 Å². The zero-order valence-corrected chi connectivity index (χ0v) is 19.2. The minimum absolute atomic E-state index is 0.0105. The van der Waals surface area contributed by atoms with E-state index in [0.29, 0.717) is 35.4 Å². The highest BCUT2D eigenvalue weighted by Gasteiger charge is 2.24. The summed E-state index contributed by atoms with van der Waals surface area (Å²) in [4.78, 5) is 9.60. The van der Waals surface area contributed by atoms with Gasteiger partial charge in [0.25, 0.3) is 0 Å². The Balaban J connectivity index is 2.04. The van der Waals surface area contributed by atoms with Crippen molar-refractivity contribution < 1.29 is 4.74 Å². The summed E-state index contributed by atoms with van der Waals surface area (Å²) in [6.07, 6.45) is 1.91. The maximum Gasteiger partial charge on any atom is 0.217 e. The van der Waals surface area contributed by atoms with E-state index < -0.39 is 0 Å². The Labute approximate surface area is 184 Å². The van der Waals surface area contributed by atoms with E-state index in [4.69, 9.17) is 37.9 Å². The summed E-state index contributed by atoms with van der Waals surface area (Å²) in [5, 5.41) is 2.71. The third-order valence-electron chi connectivity index (χ3n) is 5.01. The molecule has 1 aliphatic heterocycles. The quantitative estimate of drug-likeness (QED) is 0.338. The zero-order chi connectivity index (χ0) is 21.0. The smallest absolute Gasteiger partial charge is 0.217 e. The molecule has 0 aromatic heterocycles. The second kappa shape index (κ2) is 9.95. The first kappa shape index (κ1) is 22.1. The van der Waals surface area contributed by atoms with Gasteiger partial charge < -0.3 is 4.74 Å². The van der Waals surface area contributed by atoms with E-state index in [9.17, 15) is 0 Å². The van der Waals surface area contributed by atoms with Crippen LogP contribution >= 0.6 is 23.2 Å². The Morgan fingerprint density at radius 3 is 2.45 bits per heavy atom. The number of ether oxygens (including phenoxy) is 1. The van der Waals surface area contributed by atoms with Crippen LogP contribution in [0.4, 0.5) is 0 Å². The van der Waals surface area contributed by atoms with Gasteiger partial charge in [0.1, 0.15) is 11.8 Å². The number of alkyl halides is 1. The van der Waals surface area contributed by atoms with Gasteiger partial charge in [-0.05, 0) is 47.6 Å². The van der Waals surface area contributed by atoms with E-state index in [1.54, 1.807) is 0 Å². The Hall–Kier alpha value is -1.58. The van der Waals surface area contributed by atoms with Crippen molar-refractivity contribution in [3.63, 3.8) is 0 Å². The van der Waals surface area contributed by atoms with Crippen LogP contribution in [0.25, 0.3) is 10.8 Å². The topological polar surface area (TPSA) is 34.0 Å². The van der Waals surface area contributed by atoms with Gasteiger partial charge in [-0.2, -0.15) is 0 Å². The van der Waals surface area contributed by atoms with Gasteiger partial charge in [-0.25, -0.2) is 4.99 Å². The predicted octanol–water partition coefficient (Wildman–Crippen LogP) is 6.67. The average Bonchev–Trinajstić information content (AvgIpc) is 3.13. The first-order valence-corrected chi connectivity index (χ1v) is 11.3. The van der Waals surface area contributed by atoms with Crippen LogP contribution in [0, 0.1) is 11.8 Å². The molecule has 0 aliphatic carbocycles. The van der Waals surface area contributed by atoms with Crippen LogP contribution in [0.1, 0.15) is 51.7 Å². The van der Waals surface area contributed by atoms with Crippen LogP contribution in [0.3, 0.4) is 0 Å². The summed E-state index contributed by atoms with van der Waals surface area (Å²) in [7, 11) is 0. The molecule has 0 saturated heterocycles. The van der Waals surface area contributed by atoms with Crippen LogP contribution < -0.4 is 0 Å². The molecule has 0 radical (unpaired) electrons. The molecule has 0 N–H and O–H groups in total. The lowest BCUT2D eigenvalue weighted by Crippen LogP contribution is -2.14. The van der Waals surface area contributed by atoms with Gasteiger partial charge in [-0.3, -0.25) is 4.99 Å². The second-order valence-corrected chi connectivity index (χ2v) is 9.30. The number of rotatable bonds is 8. The van der Waals surface area contributed by atoms with Crippen molar-refractivity contribution >= 4 is 45.0 Å². The minimum atomic E-state index is -0.0105. The number of hydrogen-bond acceptors (Lipinski definition) is 3. The molecule has 0 bridgehead atoms. The molecule has 1 aliphatic rings. The molecule has 2 aromatic carbocycles. The third-order valence-corrected chi connectivity index (χ3v) is 5.67. The molecular formula is C24H30Cl2N2O. The van der Waals surface area contributed by atoms with Crippen LogP contribution in [0.2, 0.25) is 0 Å². The molecule has 3 rings (SSSR count). The van der Waals surface area contributed by atoms with Crippen LogP contribution in [-0.4, -0.2) is 35.6 Å². The molecule has 29 heavy (non-hydrogen) atoms. The molecule has 0 spiro atoms. The third kappa shape index (κ3) is 5.73. The largest absolute Gasteiger partial charge is 0.475 e. The molecular weight excluding hydrogens is 403 g/mol. The standard InChI is InChI=1S/C24H30Cl2N2O/c1-15(2)9-19(13-25)27-23(26)21-11-17-7-5-6-8-18(17)12-22(21)24-28-20(14-29-24)10-16(3)4/h5-8,11-12,15-16,19-20H,9-10,13-14H2,1-4H3/t19-,20-/m0/s1. The van der Waals surface area contributed by atoms with Gasteiger partial charge in [0, 0.05) is 17.0 Å². The second-order valence-electron chi connectivity index (χ2n) is 8.63. The minimum Gasteiger partial charge on any atom is -0.475 e. The highest BCUT2D eigenvalue weighted by molar-refractivity contribution is 6.70. The van der Waals surface area contributed by atoms with E-state index in [1.807, 2.05) is 12.1 Å². The predicted molar refractivity (Wildman–Crippen MR) is 126 cm³/mol. The number of aliphatic imine (C=N–C) groups is 2. The van der Waals surface area contributed by atoms with Crippen molar-refractivity contribution in [2.45, 2.75) is 52.6 Å². The van der Waals surface area contributed by atoms with Crippen molar-refractivity contribution in [1.29, 1.82) is 0 Å². The van der Waals surface area contributed by atoms with Crippen LogP contribution in [-0.2, 0) is 4.74 Å². The van der Waals surface area contributed by atoms with Crippen molar-refractivity contribution in [3.8, 4) is 0 Å². The Bertz CT molecular complexity index is 905. The lowest BCUT2D eigenvalue weighted by Gasteiger charge is -2.15. The van der Waals surface area contributed by atoms with Gasteiger partial charge >= 0.3 is 0 Å². The summed E-state index contributed by atoms with van der Waals surface area (Å²) in [5.74, 6) is 2.19. The molecule has 156 valence electrons. The fourth-order valence-corrected chi connectivity index (χ4v) is 4.23. The number of benzene rings is 2. The van der Waals surface area contributed by atoms with Crippen molar-refractivity contribution in [2.24, 2.45) is 21.8 Å². The molecule has 0 fully saturated rings. The number of nitrogens with zero attached hydrogens (tertiary/aromatic N) is 2. The van der Waals surface area contributed by atoms with Gasteiger partial charge in [-0.1, -0.05) is 63.6 Å². The summed E-state index contributed by atoms with van der Waals surface area (Å²) < 4.78 is 6.00. The molecule has 0 saturated carbocycles. The van der Waals surface area contributed by atoms with Gasteiger partial charge in [0.05, 0.1) is 12.1 Å². The maximum atomic E-state index is 6.75. The summed E-state index contributed by atoms with van der Waals surface area (Å²) in [6.45, 7) is 9.37. The number of halogens is 2. The molecule has 0 amide bonds.